The van der Waals surface area contributed by atoms with Gasteiger partial charge in [0.05, 0.1) is 18.6 Å². The van der Waals surface area contributed by atoms with Crippen molar-refractivity contribution in [3.63, 3.8) is 0 Å². The lowest BCUT2D eigenvalue weighted by Crippen LogP contribution is -2.01. The zero-order valence-electron chi connectivity index (χ0n) is 9.48. The second-order valence-electron chi connectivity index (χ2n) is 3.31. The summed E-state index contributed by atoms with van der Waals surface area (Å²) in [5, 5.41) is 0. The molecule has 0 saturated carbocycles. The van der Waals surface area contributed by atoms with Crippen molar-refractivity contribution in [2.75, 3.05) is 6.61 Å². The largest absolute Gasteiger partial charge is 0.466 e. The van der Waals surface area contributed by atoms with Gasteiger partial charge in [0.1, 0.15) is 5.82 Å². The van der Waals surface area contributed by atoms with Gasteiger partial charge in [-0.2, -0.15) is 0 Å². The maximum Gasteiger partial charge on any atom is 0.309 e. The number of hydrogen-bond donors (Lipinski definition) is 0. The third-order valence-electron chi connectivity index (χ3n) is 2.05. The Hall–Kier alpha value is -1.97. The molecule has 0 aliphatic heterocycles. The summed E-state index contributed by atoms with van der Waals surface area (Å²) in [6.07, 6.45) is 3.80. The van der Waals surface area contributed by atoms with E-state index >= 15 is 0 Å². The van der Waals surface area contributed by atoms with E-state index in [0.717, 1.165) is 0 Å². The molecule has 0 aliphatic rings. The maximum atomic E-state index is 13.2. The van der Waals surface area contributed by atoms with Crippen LogP contribution in [0.15, 0.2) is 24.3 Å². The van der Waals surface area contributed by atoms with Crippen molar-refractivity contribution < 1.29 is 18.7 Å². The van der Waals surface area contributed by atoms with Gasteiger partial charge in [0.2, 0.25) is 0 Å². The van der Waals surface area contributed by atoms with Crippen LogP contribution in [0.5, 0.6) is 0 Å². The summed E-state index contributed by atoms with van der Waals surface area (Å²) in [7, 11) is 0. The van der Waals surface area contributed by atoms with Crippen LogP contribution in [-0.2, 0) is 9.53 Å². The molecule has 0 heterocycles. The molecule has 4 heteroatoms. The highest BCUT2D eigenvalue weighted by atomic mass is 19.1. The van der Waals surface area contributed by atoms with Crippen molar-refractivity contribution in [3.8, 4) is 0 Å². The van der Waals surface area contributed by atoms with Crippen LogP contribution in [0, 0.1) is 5.82 Å². The minimum Gasteiger partial charge on any atom is -0.466 e. The van der Waals surface area contributed by atoms with Crippen LogP contribution in [0.4, 0.5) is 4.39 Å². The van der Waals surface area contributed by atoms with Crippen LogP contribution in [0.3, 0.4) is 0 Å². The highest BCUT2D eigenvalue weighted by Crippen LogP contribution is 2.10. The summed E-state index contributed by atoms with van der Waals surface area (Å²) in [4.78, 5) is 21.4. The molecule has 90 valence electrons. The van der Waals surface area contributed by atoms with Crippen LogP contribution in [0.2, 0.25) is 0 Å². The fourth-order valence-electron chi connectivity index (χ4n) is 1.25. The maximum absolute atomic E-state index is 13.2. The summed E-state index contributed by atoms with van der Waals surface area (Å²) in [5.41, 5.74) is 0.616. The first-order valence-electron chi connectivity index (χ1n) is 5.24. The van der Waals surface area contributed by atoms with Crippen molar-refractivity contribution in [3.05, 3.63) is 41.2 Å². The van der Waals surface area contributed by atoms with Crippen molar-refractivity contribution in [1.82, 2.24) is 0 Å². The van der Waals surface area contributed by atoms with Crippen LogP contribution < -0.4 is 0 Å². The Kier molecular flexibility index (Phi) is 5.07. The van der Waals surface area contributed by atoms with Crippen molar-refractivity contribution >= 4 is 18.3 Å². The minimum atomic E-state index is -0.571. The number of hydrogen-bond acceptors (Lipinski definition) is 3. The second kappa shape index (κ2) is 6.58. The smallest absolute Gasteiger partial charge is 0.309 e. The predicted molar refractivity (Wildman–Crippen MR) is 62.1 cm³/mol. The van der Waals surface area contributed by atoms with Crippen LogP contribution >= 0.6 is 0 Å². The van der Waals surface area contributed by atoms with Crippen LogP contribution in [0.1, 0.15) is 29.3 Å². The third-order valence-corrected chi connectivity index (χ3v) is 2.05. The molecular weight excluding hydrogens is 223 g/mol. The molecular formula is C13H13FO3. The lowest BCUT2D eigenvalue weighted by Gasteiger charge is -1.98. The van der Waals surface area contributed by atoms with Gasteiger partial charge in [-0.1, -0.05) is 18.2 Å². The molecule has 0 aromatic heterocycles. The van der Waals surface area contributed by atoms with Gasteiger partial charge in [0, 0.05) is 0 Å². The van der Waals surface area contributed by atoms with E-state index in [0.29, 0.717) is 18.5 Å². The van der Waals surface area contributed by atoms with Gasteiger partial charge in [0.25, 0.3) is 0 Å². The monoisotopic (exact) mass is 236 g/mol. The van der Waals surface area contributed by atoms with Crippen molar-refractivity contribution in [1.29, 1.82) is 0 Å². The molecule has 1 rings (SSSR count). The van der Waals surface area contributed by atoms with E-state index in [1.807, 2.05) is 0 Å². The van der Waals surface area contributed by atoms with Crippen molar-refractivity contribution in [2.24, 2.45) is 0 Å². The number of ether oxygens (including phenoxy) is 1. The van der Waals surface area contributed by atoms with Gasteiger partial charge in [-0.3, -0.25) is 9.59 Å². The average Bonchev–Trinajstić information content (AvgIpc) is 2.29. The molecule has 3 nitrogen and oxygen atoms in total. The fourth-order valence-corrected chi connectivity index (χ4v) is 1.25. The number of rotatable bonds is 5. The Morgan fingerprint density at radius 2 is 2.24 bits per heavy atom. The molecule has 1 aromatic rings. The Bertz CT molecular complexity index is 438. The first-order chi connectivity index (χ1) is 8.17. The number of esters is 1. The van der Waals surface area contributed by atoms with Crippen LogP contribution in [-0.4, -0.2) is 18.9 Å². The van der Waals surface area contributed by atoms with E-state index in [4.69, 9.17) is 4.74 Å². The highest BCUT2D eigenvalue weighted by Gasteiger charge is 2.01. The van der Waals surface area contributed by atoms with E-state index in [2.05, 4.69) is 0 Å². The second-order valence-corrected chi connectivity index (χ2v) is 3.31. The molecule has 0 bridgehead atoms. The summed E-state index contributed by atoms with van der Waals surface area (Å²) < 4.78 is 17.9. The summed E-state index contributed by atoms with van der Waals surface area (Å²) in [6, 6.07) is 4.24. The number of aldehydes is 1. The molecule has 0 radical (unpaired) electrons. The minimum absolute atomic E-state index is 0.0209. The molecule has 1 aromatic carbocycles. The quantitative estimate of drug-likeness (QED) is 0.583. The first kappa shape index (κ1) is 13.1. The molecule has 0 aliphatic carbocycles. The average molecular weight is 236 g/mol. The number of carbonyl (C=O) groups is 2. The van der Waals surface area contributed by atoms with E-state index in [1.165, 1.54) is 12.1 Å². The van der Waals surface area contributed by atoms with E-state index in [1.54, 1.807) is 25.1 Å². The molecule has 0 amide bonds. The Balaban J connectivity index is 2.63. The zero-order valence-corrected chi connectivity index (χ0v) is 9.48. The predicted octanol–water partition coefficient (Wildman–Crippen LogP) is 2.60. The number of carbonyl (C=O) groups excluding carboxylic acids is 2. The van der Waals surface area contributed by atoms with E-state index in [9.17, 15) is 14.0 Å². The summed E-state index contributed by atoms with van der Waals surface area (Å²) in [6.45, 7) is 2.07. The van der Waals surface area contributed by atoms with Gasteiger partial charge in [-0.25, -0.2) is 4.39 Å². The van der Waals surface area contributed by atoms with Gasteiger partial charge >= 0.3 is 5.97 Å². The normalized spacial score (nSPS) is 10.5. The first-order valence-corrected chi connectivity index (χ1v) is 5.24. The Labute approximate surface area is 98.9 Å². The van der Waals surface area contributed by atoms with Gasteiger partial charge in [0.15, 0.2) is 6.29 Å². The molecule has 17 heavy (non-hydrogen) atoms. The molecule has 0 unspecified atom stereocenters. The molecule has 0 spiro atoms. The van der Waals surface area contributed by atoms with Gasteiger partial charge in [-0.15, -0.1) is 0 Å². The van der Waals surface area contributed by atoms with Gasteiger partial charge in [-0.05, 0) is 24.6 Å². The van der Waals surface area contributed by atoms with E-state index in [-0.39, 0.29) is 18.0 Å². The lowest BCUT2D eigenvalue weighted by atomic mass is 10.1. The lowest BCUT2D eigenvalue weighted by molar-refractivity contribution is -0.142. The Morgan fingerprint density at radius 3 is 2.82 bits per heavy atom. The number of benzene rings is 1. The topological polar surface area (TPSA) is 43.4 Å². The summed E-state index contributed by atoms with van der Waals surface area (Å²) >= 11 is 0. The standard InChI is InChI=1S/C13H13FO3/c1-2-17-13(16)5-3-4-10-6-7-11(9-15)12(14)8-10/h3-4,6-9H,2,5H2,1H3. The molecule has 0 saturated heterocycles. The molecule has 0 atom stereocenters. The third kappa shape index (κ3) is 4.18. The Morgan fingerprint density at radius 1 is 1.47 bits per heavy atom. The number of halogens is 1. The highest BCUT2D eigenvalue weighted by molar-refractivity contribution is 5.76. The van der Waals surface area contributed by atoms with Crippen molar-refractivity contribution in [2.45, 2.75) is 13.3 Å². The van der Waals surface area contributed by atoms with E-state index < -0.39 is 5.82 Å². The van der Waals surface area contributed by atoms with Crippen LogP contribution in [0.25, 0.3) is 6.08 Å². The zero-order chi connectivity index (χ0) is 12.7. The SMILES string of the molecule is CCOC(=O)CC=Cc1ccc(C=O)c(F)c1. The summed E-state index contributed by atoms with van der Waals surface area (Å²) in [5.74, 6) is -0.896. The van der Waals surface area contributed by atoms with Gasteiger partial charge < -0.3 is 4.74 Å². The fraction of sp³-hybridized carbons (Fsp3) is 0.231. The molecule has 0 fully saturated rings. The molecule has 0 N–H and O–H groups in total.